The lowest BCUT2D eigenvalue weighted by molar-refractivity contribution is 0.0720. The number of amides is 1. The summed E-state index contributed by atoms with van der Waals surface area (Å²) in [5.41, 5.74) is 0.346. The molecule has 1 aromatic rings. The Kier molecular flexibility index (Phi) is 4.10. The standard InChI is InChI=1S/C15H22N2O2/c1-15(2,3)19-13-7-5-4-6-12(13)14(18)17-10-8-16-9-11-17/h4-7,16H,8-11H2,1-3H3. The topological polar surface area (TPSA) is 41.6 Å². The number of hydrogen-bond acceptors (Lipinski definition) is 3. The molecule has 4 heteroatoms. The van der Waals surface area contributed by atoms with Crippen molar-refractivity contribution in [2.45, 2.75) is 26.4 Å². The number of para-hydroxylation sites is 1. The number of nitrogens with one attached hydrogen (secondary N) is 1. The van der Waals surface area contributed by atoms with Crippen molar-refractivity contribution in [1.82, 2.24) is 10.2 Å². The van der Waals surface area contributed by atoms with Crippen molar-refractivity contribution in [2.24, 2.45) is 0 Å². The molecule has 2 rings (SSSR count). The second kappa shape index (κ2) is 5.61. The second-order valence-corrected chi connectivity index (χ2v) is 5.75. The van der Waals surface area contributed by atoms with E-state index in [4.69, 9.17) is 4.74 Å². The first-order valence-corrected chi connectivity index (χ1v) is 6.75. The molecule has 0 aromatic heterocycles. The first kappa shape index (κ1) is 13.9. The Morgan fingerprint density at radius 3 is 2.47 bits per heavy atom. The Morgan fingerprint density at radius 2 is 1.84 bits per heavy atom. The summed E-state index contributed by atoms with van der Waals surface area (Å²) in [6, 6.07) is 7.48. The summed E-state index contributed by atoms with van der Waals surface area (Å²) in [6.07, 6.45) is 0. The minimum Gasteiger partial charge on any atom is -0.487 e. The molecule has 1 fully saturated rings. The van der Waals surface area contributed by atoms with Crippen molar-refractivity contribution in [2.75, 3.05) is 26.2 Å². The minimum absolute atomic E-state index is 0.0568. The summed E-state index contributed by atoms with van der Waals surface area (Å²) in [4.78, 5) is 14.4. The van der Waals surface area contributed by atoms with E-state index in [-0.39, 0.29) is 11.5 Å². The van der Waals surface area contributed by atoms with Crippen LogP contribution in [0.2, 0.25) is 0 Å². The monoisotopic (exact) mass is 262 g/mol. The molecule has 1 amide bonds. The SMILES string of the molecule is CC(C)(C)Oc1ccccc1C(=O)N1CCNCC1. The summed E-state index contributed by atoms with van der Waals surface area (Å²) in [7, 11) is 0. The minimum atomic E-state index is -0.306. The van der Waals surface area contributed by atoms with Gasteiger partial charge in [0.15, 0.2) is 0 Å². The first-order chi connectivity index (χ1) is 8.97. The zero-order valence-corrected chi connectivity index (χ0v) is 11.9. The van der Waals surface area contributed by atoms with Gasteiger partial charge < -0.3 is 15.0 Å². The number of rotatable bonds is 2. The molecule has 0 bridgehead atoms. The largest absolute Gasteiger partial charge is 0.487 e. The molecule has 1 aromatic carbocycles. The maximum atomic E-state index is 12.5. The van der Waals surface area contributed by atoms with Crippen LogP contribution in [0.5, 0.6) is 5.75 Å². The molecular formula is C15H22N2O2. The van der Waals surface area contributed by atoms with Crippen LogP contribution >= 0.6 is 0 Å². The summed E-state index contributed by atoms with van der Waals surface area (Å²) in [5, 5.41) is 3.25. The Balaban J connectivity index is 2.21. The van der Waals surface area contributed by atoms with Gasteiger partial charge in [0.2, 0.25) is 0 Å². The molecule has 0 unspecified atom stereocenters. The van der Waals surface area contributed by atoms with Crippen LogP contribution in [0.1, 0.15) is 31.1 Å². The third-order valence-corrected chi connectivity index (χ3v) is 2.94. The van der Waals surface area contributed by atoms with Gasteiger partial charge in [-0.3, -0.25) is 4.79 Å². The predicted octanol–water partition coefficient (Wildman–Crippen LogP) is 1.91. The van der Waals surface area contributed by atoms with Gasteiger partial charge in [0.05, 0.1) is 5.56 Å². The summed E-state index contributed by atoms with van der Waals surface area (Å²) < 4.78 is 5.88. The molecule has 0 spiro atoms. The maximum absolute atomic E-state index is 12.5. The fourth-order valence-electron chi connectivity index (χ4n) is 2.10. The third kappa shape index (κ3) is 3.70. The molecule has 104 valence electrons. The second-order valence-electron chi connectivity index (χ2n) is 5.75. The van der Waals surface area contributed by atoms with E-state index in [2.05, 4.69) is 5.32 Å². The van der Waals surface area contributed by atoms with Crippen molar-refractivity contribution >= 4 is 5.91 Å². The Bertz CT molecular complexity index is 446. The highest BCUT2D eigenvalue weighted by Gasteiger charge is 2.23. The molecule has 0 atom stereocenters. The zero-order valence-electron chi connectivity index (χ0n) is 11.9. The molecule has 0 saturated carbocycles. The number of hydrogen-bond donors (Lipinski definition) is 1. The third-order valence-electron chi connectivity index (χ3n) is 2.94. The van der Waals surface area contributed by atoms with E-state index < -0.39 is 0 Å². The number of carbonyl (C=O) groups is 1. The fraction of sp³-hybridized carbons (Fsp3) is 0.533. The van der Waals surface area contributed by atoms with Crippen molar-refractivity contribution in [3.8, 4) is 5.75 Å². The van der Waals surface area contributed by atoms with Crippen LogP contribution in [-0.4, -0.2) is 42.6 Å². The van der Waals surface area contributed by atoms with Crippen LogP contribution in [-0.2, 0) is 0 Å². The smallest absolute Gasteiger partial charge is 0.257 e. The highest BCUT2D eigenvalue weighted by molar-refractivity contribution is 5.97. The molecule has 1 heterocycles. The van der Waals surface area contributed by atoms with Gasteiger partial charge in [0, 0.05) is 26.2 Å². The Hall–Kier alpha value is -1.55. The molecule has 0 aliphatic carbocycles. The summed E-state index contributed by atoms with van der Waals surface area (Å²) >= 11 is 0. The Morgan fingerprint density at radius 1 is 1.21 bits per heavy atom. The Labute approximate surface area is 114 Å². The lowest BCUT2D eigenvalue weighted by Crippen LogP contribution is -2.46. The highest BCUT2D eigenvalue weighted by atomic mass is 16.5. The first-order valence-electron chi connectivity index (χ1n) is 6.75. The number of benzene rings is 1. The van der Waals surface area contributed by atoms with E-state index in [1.54, 1.807) is 0 Å². The van der Waals surface area contributed by atoms with E-state index in [9.17, 15) is 4.79 Å². The van der Waals surface area contributed by atoms with E-state index in [1.165, 1.54) is 0 Å². The molecule has 1 aliphatic rings. The molecule has 4 nitrogen and oxygen atoms in total. The van der Waals surface area contributed by atoms with Crippen LogP contribution in [0.4, 0.5) is 0 Å². The molecule has 1 saturated heterocycles. The van der Waals surface area contributed by atoms with Gasteiger partial charge in [-0.2, -0.15) is 0 Å². The number of carbonyl (C=O) groups excluding carboxylic acids is 1. The van der Waals surface area contributed by atoms with Gasteiger partial charge >= 0.3 is 0 Å². The van der Waals surface area contributed by atoms with Gasteiger partial charge in [-0.25, -0.2) is 0 Å². The number of ether oxygens (including phenoxy) is 1. The molecule has 1 N–H and O–H groups in total. The summed E-state index contributed by atoms with van der Waals surface area (Å²) in [5.74, 6) is 0.722. The number of piperazine rings is 1. The van der Waals surface area contributed by atoms with Gasteiger partial charge in [-0.05, 0) is 32.9 Å². The van der Waals surface area contributed by atoms with E-state index in [1.807, 2.05) is 49.9 Å². The van der Waals surface area contributed by atoms with Crippen LogP contribution in [0.15, 0.2) is 24.3 Å². The van der Waals surface area contributed by atoms with Crippen molar-refractivity contribution in [3.05, 3.63) is 29.8 Å². The fourth-order valence-corrected chi connectivity index (χ4v) is 2.10. The van der Waals surface area contributed by atoms with Crippen molar-refractivity contribution in [1.29, 1.82) is 0 Å². The van der Waals surface area contributed by atoms with Gasteiger partial charge in [-0.1, -0.05) is 12.1 Å². The molecule has 0 radical (unpaired) electrons. The van der Waals surface area contributed by atoms with E-state index >= 15 is 0 Å². The van der Waals surface area contributed by atoms with Gasteiger partial charge in [-0.15, -0.1) is 0 Å². The molecule has 1 aliphatic heterocycles. The molecule has 19 heavy (non-hydrogen) atoms. The van der Waals surface area contributed by atoms with Gasteiger partial charge in [0.1, 0.15) is 11.4 Å². The van der Waals surface area contributed by atoms with Crippen LogP contribution < -0.4 is 10.1 Å². The van der Waals surface area contributed by atoms with Crippen LogP contribution in [0.25, 0.3) is 0 Å². The van der Waals surface area contributed by atoms with Crippen LogP contribution in [0, 0.1) is 0 Å². The maximum Gasteiger partial charge on any atom is 0.257 e. The average molecular weight is 262 g/mol. The lowest BCUT2D eigenvalue weighted by atomic mass is 10.1. The van der Waals surface area contributed by atoms with Crippen LogP contribution in [0.3, 0.4) is 0 Å². The van der Waals surface area contributed by atoms with Gasteiger partial charge in [0.25, 0.3) is 5.91 Å². The van der Waals surface area contributed by atoms with E-state index in [0.29, 0.717) is 11.3 Å². The lowest BCUT2D eigenvalue weighted by Gasteiger charge is -2.29. The van der Waals surface area contributed by atoms with Crippen molar-refractivity contribution < 1.29 is 9.53 Å². The van der Waals surface area contributed by atoms with Crippen molar-refractivity contribution in [3.63, 3.8) is 0 Å². The number of nitrogens with zero attached hydrogens (tertiary/aromatic N) is 1. The predicted molar refractivity (Wildman–Crippen MR) is 75.6 cm³/mol. The normalized spacial score (nSPS) is 16.3. The molecular weight excluding hydrogens is 240 g/mol. The zero-order chi connectivity index (χ0) is 13.9. The average Bonchev–Trinajstić information content (AvgIpc) is 2.38. The quantitative estimate of drug-likeness (QED) is 0.885. The van der Waals surface area contributed by atoms with E-state index in [0.717, 1.165) is 26.2 Å². The highest BCUT2D eigenvalue weighted by Crippen LogP contribution is 2.24. The summed E-state index contributed by atoms with van der Waals surface area (Å²) in [6.45, 7) is 9.17.